The number of halogens is 3. The summed E-state index contributed by atoms with van der Waals surface area (Å²) in [5, 5.41) is 0. The van der Waals surface area contributed by atoms with E-state index in [9.17, 15) is 18.0 Å². The van der Waals surface area contributed by atoms with Gasteiger partial charge in [-0.1, -0.05) is 44.5 Å². The Morgan fingerprint density at radius 1 is 0.765 bits per heavy atom. The fraction of sp³-hybridized carbons (Fsp3) is 0.390. The Kier molecular flexibility index (Phi) is 11.5. The molecule has 0 saturated carbocycles. The van der Waals surface area contributed by atoms with Gasteiger partial charge in [0.15, 0.2) is 0 Å². The van der Waals surface area contributed by atoms with E-state index < -0.39 is 12.3 Å². The first kappa shape index (κ1) is 36.3. The van der Waals surface area contributed by atoms with E-state index in [0.717, 1.165) is 86.3 Å². The Labute approximate surface area is 296 Å². The normalized spacial score (nSPS) is 15.7. The van der Waals surface area contributed by atoms with Crippen LogP contribution in [0.4, 0.5) is 13.2 Å². The second-order valence-electron chi connectivity index (χ2n) is 13.3. The van der Waals surface area contributed by atoms with Crippen molar-refractivity contribution in [1.29, 1.82) is 0 Å². The van der Waals surface area contributed by atoms with Crippen molar-refractivity contribution in [3.8, 4) is 34.1 Å². The second kappa shape index (κ2) is 16.2. The Morgan fingerprint density at radius 3 is 2.04 bits per heavy atom. The lowest BCUT2D eigenvalue weighted by molar-refractivity contribution is -0.274. The van der Waals surface area contributed by atoms with E-state index in [1.165, 1.54) is 24.3 Å². The lowest BCUT2D eigenvalue weighted by Gasteiger charge is -2.40. The van der Waals surface area contributed by atoms with E-state index in [-0.39, 0.29) is 23.7 Å². The maximum absolute atomic E-state index is 13.0. The summed E-state index contributed by atoms with van der Waals surface area (Å²) in [6, 6.07) is 24.1. The zero-order valence-electron chi connectivity index (χ0n) is 28.9. The maximum Gasteiger partial charge on any atom is 0.573 e. The van der Waals surface area contributed by atoms with Gasteiger partial charge in [-0.3, -0.25) is 0 Å². The van der Waals surface area contributed by atoms with Crippen molar-refractivity contribution in [2.75, 3.05) is 33.0 Å². The summed E-state index contributed by atoms with van der Waals surface area (Å²) < 4.78 is 69.9. The molecular formula is C41H43F3O7. The molecule has 1 saturated heterocycles. The highest BCUT2D eigenvalue weighted by Gasteiger charge is 2.37. The molecule has 0 amide bonds. The average molecular weight is 705 g/mol. The van der Waals surface area contributed by atoms with Crippen LogP contribution in [-0.2, 0) is 16.1 Å². The monoisotopic (exact) mass is 704 g/mol. The fourth-order valence-corrected chi connectivity index (χ4v) is 6.36. The van der Waals surface area contributed by atoms with Gasteiger partial charge in [0.05, 0.1) is 32.0 Å². The lowest BCUT2D eigenvalue weighted by Crippen LogP contribution is -2.45. The van der Waals surface area contributed by atoms with Crippen LogP contribution in [0.3, 0.4) is 0 Å². The van der Waals surface area contributed by atoms with Gasteiger partial charge in [0.25, 0.3) is 0 Å². The molecule has 0 N–H and O–H groups in total. The van der Waals surface area contributed by atoms with Crippen molar-refractivity contribution in [3.05, 3.63) is 107 Å². The highest BCUT2D eigenvalue weighted by molar-refractivity contribution is 5.91. The Hall–Kier alpha value is -4.54. The molecule has 10 heteroatoms. The van der Waals surface area contributed by atoms with Crippen molar-refractivity contribution < 1.29 is 46.4 Å². The topological polar surface area (TPSA) is 72.5 Å². The predicted molar refractivity (Wildman–Crippen MR) is 187 cm³/mol. The van der Waals surface area contributed by atoms with Crippen LogP contribution >= 0.6 is 0 Å². The Balaban J connectivity index is 0.933. The number of fused-ring (bicyclic) bond motifs is 3. The van der Waals surface area contributed by atoms with Crippen molar-refractivity contribution >= 4 is 5.97 Å². The molecule has 4 aromatic carbocycles. The molecule has 1 fully saturated rings. The summed E-state index contributed by atoms with van der Waals surface area (Å²) in [5.41, 5.74) is 5.94. The summed E-state index contributed by atoms with van der Waals surface area (Å²) in [4.78, 5) is 13.0. The van der Waals surface area contributed by atoms with Gasteiger partial charge in [-0.2, -0.15) is 0 Å². The summed E-state index contributed by atoms with van der Waals surface area (Å²) >= 11 is 0. The van der Waals surface area contributed by atoms with Gasteiger partial charge in [0, 0.05) is 17.9 Å². The van der Waals surface area contributed by atoms with Crippen molar-refractivity contribution in [2.24, 2.45) is 5.41 Å². The van der Waals surface area contributed by atoms with E-state index in [1.54, 1.807) is 30.3 Å². The van der Waals surface area contributed by atoms with Crippen LogP contribution in [0.15, 0.2) is 84.9 Å². The third kappa shape index (κ3) is 9.42. The maximum atomic E-state index is 13.0. The number of hydrogen-bond donors (Lipinski definition) is 0. The summed E-state index contributed by atoms with van der Waals surface area (Å²) in [7, 11) is 0. The molecule has 0 bridgehead atoms. The molecule has 0 spiro atoms. The molecule has 6 rings (SSSR count). The van der Waals surface area contributed by atoms with Gasteiger partial charge in [-0.25, -0.2) is 4.79 Å². The molecule has 1 aliphatic heterocycles. The van der Waals surface area contributed by atoms with Crippen LogP contribution in [0.2, 0.25) is 0 Å². The van der Waals surface area contributed by atoms with Crippen molar-refractivity contribution in [2.45, 2.75) is 64.8 Å². The average Bonchev–Trinajstić information content (AvgIpc) is 3.37. The number of rotatable bonds is 17. The third-order valence-corrected chi connectivity index (χ3v) is 9.55. The molecule has 1 heterocycles. The summed E-state index contributed by atoms with van der Waals surface area (Å²) in [6.45, 7) is 8.35. The van der Waals surface area contributed by atoms with E-state index in [2.05, 4.69) is 24.7 Å². The summed E-state index contributed by atoms with van der Waals surface area (Å²) in [6.07, 6.45) is 0.515. The minimum Gasteiger partial charge on any atom is -0.494 e. The predicted octanol–water partition coefficient (Wildman–Crippen LogP) is 9.90. The molecule has 0 aromatic heterocycles. The molecule has 270 valence electrons. The van der Waals surface area contributed by atoms with Crippen molar-refractivity contribution in [3.63, 3.8) is 0 Å². The molecule has 7 nitrogen and oxygen atoms in total. The Morgan fingerprint density at radius 2 is 1.37 bits per heavy atom. The van der Waals surface area contributed by atoms with E-state index in [0.29, 0.717) is 29.4 Å². The molecule has 2 aliphatic rings. The van der Waals surface area contributed by atoms with Crippen LogP contribution in [0, 0.1) is 5.41 Å². The zero-order valence-corrected chi connectivity index (χ0v) is 28.9. The van der Waals surface area contributed by atoms with E-state index >= 15 is 0 Å². The van der Waals surface area contributed by atoms with Gasteiger partial charge >= 0.3 is 12.3 Å². The number of benzene rings is 4. The highest BCUT2D eigenvalue weighted by Crippen LogP contribution is 2.46. The van der Waals surface area contributed by atoms with Gasteiger partial charge < -0.3 is 28.4 Å². The first-order chi connectivity index (χ1) is 24.6. The number of hydrogen-bond acceptors (Lipinski definition) is 7. The van der Waals surface area contributed by atoms with Crippen LogP contribution in [0.1, 0.15) is 78.9 Å². The first-order valence-electron chi connectivity index (χ1n) is 17.5. The minimum absolute atomic E-state index is 0.0537. The fourth-order valence-electron chi connectivity index (χ4n) is 6.36. The molecule has 0 radical (unpaired) electrons. The highest BCUT2D eigenvalue weighted by atomic mass is 19.4. The smallest absolute Gasteiger partial charge is 0.494 e. The number of ether oxygens (including phenoxy) is 6. The quantitative estimate of drug-likeness (QED) is 0.0616. The third-order valence-electron chi connectivity index (χ3n) is 9.55. The SMILES string of the molecule is CCC1(COCCCCCCOc2ccc(C(=O)Oc3ccc4c(c3)C(C)c3cc(COc5ccc(OC(F)(F)F)cc5)ccc3-4)cc2)COC1. The lowest BCUT2D eigenvalue weighted by atomic mass is 9.84. The van der Waals surface area contributed by atoms with Crippen LogP contribution < -0.4 is 18.9 Å². The largest absolute Gasteiger partial charge is 0.573 e. The van der Waals surface area contributed by atoms with E-state index in [1.807, 2.05) is 24.3 Å². The van der Waals surface area contributed by atoms with Crippen LogP contribution in [0.25, 0.3) is 11.1 Å². The molecule has 51 heavy (non-hydrogen) atoms. The Bertz CT molecular complexity index is 1760. The molecule has 1 atom stereocenters. The van der Waals surface area contributed by atoms with Gasteiger partial charge in [-0.05, 0) is 114 Å². The number of alkyl halides is 3. The number of carbonyl (C=O) groups excluding carboxylic acids is 1. The molecular weight excluding hydrogens is 661 g/mol. The number of esters is 1. The molecule has 1 unspecified atom stereocenters. The van der Waals surface area contributed by atoms with Crippen molar-refractivity contribution in [1.82, 2.24) is 0 Å². The number of carbonyl (C=O) groups is 1. The van der Waals surface area contributed by atoms with Gasteiger partial charge in [0.2, 0.25) is 0 Å². The second-order valence-corrected chi connectivity index (χ2v) is 13.3. The molecule has 4 aromatic rings. The van der Waals surface area contributed by atoms with Crippen LogP contribution in [0.5, 0.6) is 23.0 Å². The first-order valence-corrected chi connectivity index (χ1v) is 17.5. The zero-order chi connectivity index (χ0) is 35.8. The van der Waals surface area contributed by atoms with Gasteiger partial charge in [-0.15, -0.1) is 13.2 Å². The molecule has 1 aliphatic carbocycles. The minimum atomic E-state index is -4.74. The van der Waals surface area contributed by atoms with E-state index in [4.69, 9.17) is 23.7 Å². The standard InChI is InChI=1S/C41H43F3O7/c1-3-40(26-47-27-40)25-46-20-6-4-5-7-21-48-31-11-9-30(10-12-31)39(45)50-34-17-19-36-35-18-8-29(22-37(35)28(2)38(36)23-34)24-49-32-13-15-33(16-14-32)51-41(42,43)44/h8-19,22-23,28H,3-7,20-21,24-27H2,1-2H3. The number of unbranched alkanes of at least 4 members (excludes halogenated alkanes) is 3. The summed E-state index contributed by atoms with van der Waals surface area (Å²) in [5.74, 6) is 0.912. The van der Waals surface area contributed by atoms with Crippen LogP contribution in [-0.4, -0.2) is 45.4 Å². The van der Waals surface area contributed by atoms with Gasteiger partial charge in [0.1, 0.15) is 29.6 Å².